The second-order valence-electron chi connectivity index (χ2n) is 5.22. The number of pyridine rings is 1. The van der Waals surface area contributed by atoms with Crippen molar-refractivity contribution in [3.63, 3.8) is 0 Å². The molecule has 0 saturated carbocycles. The van der Waals surface area contributed by atoms with Gasteiger partial charge < -0.3 is 10.2 Å². The van der Waals surface area contributed by atoms with Crippen molar-refractivity contribution in [2.45, 2.75) is 26.7 Å². The molecule has 1 aromatic heterocycles. The van der Waals surface area contributed by atoms with E-state index in [0.717, 1.165) is 24.5 Å². The van der Waals surface area contributed by atoms with Gasteiger partial charge in [-0.05, 0) is 56.9 Å². The predicted molar refractivity (Wildman–Crippen MR) is 77.0 cm³/mol. The minimum Gasteiger partial charge on any atom is -0.369 e. The Kier molecular flexibility index (Phi) is 4.75. The summed E-state index contributed by atoms with van der Waals surface area (Å²) in [6, 6.07) is 4.11. The Morgan fingerprint density at radius 1 is 1.47 bits per heavy atom. The van der Waals surface area contributed by atoms with E-state index in [9.17, 15) is 0 Å². The Balaban J connectivity index is 1.90. The van der Waals surface area contributed by atoms with E-state index in [1.165, 1.54) is 25.9 Å². The van der Waals surface area contributed by atoms with E-state index in [4.69, 9.17) is 5.26 Å². The fourth-order valence-electron chi connectivity index (χ4n) is 2.58. The number of nitriles is 1. The molecule has 1 aliphatic heterocycles. The van der Waals surface area contributed by atoms with Crippen LogP contribution in [-0.4, -0.2) is 36.1 Å². The van der Waals surface area contributed by atoms with Crippen LogP contribution in [0.4, 0.5) is 5.82 Å². The molecular formula is C15H22N4. The lowest BCUT2D eigenvalue weighted by Gasteiger charge is -2.31. The molecule has 19 heavy (non-hydrogen) atoms. The van der Waals surface area contributed by atoms with Crippen LogP contribution in [0.25, 0.3) is 0 Å². The fraction of sp³-hybridized carbons (Fsp3) is 0.600. The predicted octanol–water partition coefficient (Wildman–Crippen LogP) is 2.41. The standard InChI is InChI=1S/C15H22N4/c1-3-19-8-5-13(6-9-19)11-18-15-14(10-16)12(2)4-7-17-15/h4,7,13H,3,5-6,8-9,11H2,1-2H3,(H,17,18). The van der Waals surface area contributed by atoms with Crippen LogP contribution in [-0.2, 0) is 0 Å². The number of hydrogen-bond donors (Lipinski definition) is 1. The topological polar surface area (TPSA) is 52.0 Å². The zero-order chi connectivity index (χ0) is 13.7. The summed E-state index contributed by atoms with van der Waals surface area (Å²) < 4.78 is 0. The molecule has 0 aliphatic carbocycles. The highest BCUT2D eigenvalue weighted by molar-refractivity contribution is 5.55. The second kappa shape index (κ2) is 6.53. The van der Waals surface area contributed by atoms with Crippen LogP contribution in [0.5, 0.6) is 0 Å². The second-order valence-corrected chi connectivity index (χ2v) is 5.22. The van der Waals surface area contributed by atoms with Gasteiger partial charge in [-0.1, -0.05) is 6.92 Å². The average Bonchev–Trinajstić information content (AvgIpc) is 2.45. The van der Waals surface area contributed by atoms with Crippen molar-refractivity contribution in [2.75, 3.05) is 31.5 Å². The molecule has 1 aromatic rings. The Hall–Kier alpha value is -1.60. The van der Waals surface area contributed by atoms with Gasteiger partial charge in [0.2, 0.25) is 0 Å². The summed E-state index contributed by atoms with van der Waals surface area (Å²) in [4.78, 5) is 6.77. The van der Waals surface area contributed by atoms with Crippen LogP contribution in [0.2, 0.25) is 0 Å². The molecule has 1 saturated heterocycles. The summed E-state index contributed by atoms with van der Waals surface area (Å²) in [5.74, 6) is 1.43. The molecular weight excluding hydrogens is 236 g/mol. The molecule has 102 valence electrons. The molecule has 0 amide bonds. The number of aromatic nitrogens is 1. The molecule has 2 heterocycles. The molecule has 4 heteroatoms. The fourth-order valence-corrected chi connectivity index (χ4v) is 2.58. The Bertz CT molecular complexity index is 456. The van der Waals surface area contributed by atoms with E-state index in [0.29, 0.717) is 11.5 Å². The van der Waals surface area contributed by atoms with E-state index in [2.05, 4.69) is 28.2 Å². The highest BCUT2D eigenvalue weighted by Crippen LogP contribution is 2.20. The van der Waals surface area contributed by atoms with E-state index in [1.54, 1.807) is 6.20 Å². The first-order valence-electron chi connectivity index (χ1n) is 7.06. The number of nitrogens with one attached hydrogen (secondary N) is 1. The Morgan fingerprint density at radius 2 is 2.21 bits per heavy atom. The largest absolute Gasteiger partial charge is 0.369 e. The molecule has 1 fully saturated rings. The summed E-state index contributed by atoms with van der Waals surface area (Å²) in [5, 5.41) is 12.5. The van der Waals surface area contributed by atoms with Crippen molar-refractivity contribution in [3.05, 3.63) is 23.4 Å². The van der Waals surface area contributed by atoms with Gasteiger partial charge in [0.15, 0.2) is 0 Å². The summed E-state index contributed by atoms with van der Waals surface area (Å²) in [6.45, 7) is 8.62. The Morgan fingerprint density at radius 3 is 2.84 bits per heavy atom. The third-order valence-electron chi connectivity index (χ3n) is 3.98. The smallest absolute Gasteiger partial charge is 0.144 e. The van der Waals surface area contributed by atoms with Gasteiger partial charge in [-0.2, -0.15) is 5.26 Å². The SMILES string of the molecule is CCN1CCC(CNc2nccc(C)c2C#N)CC1. The van der Waals surface area contributed by atoms with Gasteiger partial charge in [0.05, 0.1) is 5.56 Å². The lowest BCUT2D eigenvalue weighted by Crippen LogP contribution is -2.35. The number of hydrogen-bond acceptors (Lipinski definition) is 4. The van der Waals surface area contributed by atoms with E-state index >= 15 is 0 Å². The zero-order valence-electron chi connectivity index (χ0n) is 11.8. The lowest BCUT2D eigenvalue weighted by molar-refractivity contribution is 0.198. The van der Waals surface area contributed by atoms with Crippen molar-refractivity contribution < 1.29 is 0 Å². The van der Waals surface area contributed by atoms with Crippen LogP contribution < -0.4 is 5.32 Å². The van der Waals surface area contributed by atoms with E-state index < -0.39 is 0 Å². The molecule has 0 bridgehead atoms. The number of anilines is 1. The first-order valence-corrected chi connectivity index (χ1v) is 7.06. The van der Waals surface area contributed by atoms with Crippen LogP contribution in [0, 0.1) is 24.2 Å². The highest BCUT2D eigenvalue weighted by atomic mass is 15.1. The van der Waals surface area contributed by atoms with Crippen molar-refractivity contribution >= 4 is 5.82 Å². The van der Waals surface area contributed by atoms with Crippen LogP contribution >= 0.6 is 0 Å². The minimum atomic E-state index is 0.675. The Labute approximate surface area is 115 Å². The molecule has 0 radical (unpaired) electrons. The molecule has 2 rings (SSSR count). The quantitative estimate of drug-likeness (QED) is 0.901. The number of likely N-dealkylation sites (tertiary alicyclic amines) is 1. The minimum absolute atomic E-state index is 0.675. The van der Waals surface area contributed by atoms with Gasteiger partial charge >= 0.3 is 0 Å². The van der Waals surface area contributed by atoms with Crippen molar-refractivity contribution in [3.8, 4) is 6.07 Å². The lowest BCUT2D eigenvalue weighted by atomic mass is 9.97. The van der Waals surface area contributed by atoms with Crippen molar-refractivity contribution in [1.29, 1.82) is 5.26 Å². The third kappa shape index (κ3) is 3.45. The zero-order valence-corrected chi connectivity index (χ0v) is 11.8. The number of piperidine rings is 1. The highest BCUT2D eigenvalue weighted by Gasteiger charge is 2.18. The monoisotopic (exact) mass is 258 g/mol. The van der Waals surface area contributed by atoms with Crippen molar-refractivity contribution in [2.24, 2.45) is 5.92 Å². The normalized spacial score (nSPS) is 17.1. The molecule has 4 nitrogen and oxygen atoms in total. The van der Waals surface area contributed by atoms with Gasteiger partial charge in [0.25, 0.3) is 0 Å². The maximum absolute atomic E-state index is 9.17. The average molecular weight is 258 g/mol. The first kappa shape index (κ1) is 13.8. The van der Waals surface area contributed by atoms with Crippen LogP contribution in [0.1, 0.15) is 30.9 Å². The van der Waals surface area contributed by atoms with Gasteiger partial charge in [0.1, 0.15) is 11.9 Å². The summed E-state index contributed by atoms with van der Waals surface area (Å²) in [7, 11) is 0. The van der Waals surface area contributed by atoms with E-state index in [-0.39, 0.29) is 0 Å². The molecule has 1 N–H and O–H groups in total. The maximum atomic E-state index is 9.17. The molecule has 1 aliphatic rings. The van der Waals surface area contributed by atoms with Crippen molar-refractivity contribution in [1.82, 2.24) is 9.88 Å². The number of rotatable bonds is 4. The first-order chi connectivity index (χ1) is 9.24. The summed E-state index contributed by atoms with van der Waals surface area (Å²) in [5.41, 5.74) is 1.66. The third-order valence-corrected chi connectivity index (χ3v) is 3.98. The van der Waals surface area contributed by atoms with Crippen LogP contribution in [0.15, 0.2) is 12.3 Å². The van der Waals surface area contributed by atoms with Gasteiger partial charge in [0, 0.05) is 12.7 Å². The molecule has 0 atom stereocenters. The van der Waals surface area contributed by atoms with E-state index in [1.807, 2.05) is 13.0 Å². The maximum Gasteiger partial charge on any atom is 0.144 e. The summed E-state index contributed by atoms with van der Waals surface area (Å²) in [6.07, 6.45) is 4.22. The number of aryl methyl sites for hydroxylation is 1. The summed E-state index contributed by atoms with van der Waals surface area (Å²) >= 11 is 0. The van der Waals surface area contributed by atoms with Gasteiger partial charge in [-0.3, -0.25) is 0 Å². The van der Waals surface area contributed by atoms with Gasteiger partial charge in [-0.15, -0.1) is 0 Å². The van der Waals surface area contributed by atoms with Crippen LogP contribution in [0.3, 0.4) is 0 Å². The molecule has 0 spiro atoms. The van der Waals surface area contributed by atoms with Gasteiger partial charge in [-0.25, -0.2) is 4.98 Å². The molecule has 0 unspecified atom stereocenters. The number of nitrogens with zero attached hydrogens (tertiary/aromatic N) is 3. The molecule has 0 aromatic carbocycles.